The standard InChI is InChI=1S/C27H37NO6.ClH/c1-6-28(22-11-9-19-16-25(32-4)26(33-5)18-21(19)15-22)13-7-8-14-34-27(29)20-10-12-23(30-2)24(17-20)31-3;/h10,12,16-18,22H,6-9,11,13-15H2,1-5H3;1H. The first-order chi connectivity index (χ1) is 16.5. The highest BCUT2D eigenvalue weighted by molar-refractivity contribution is 5.90. The van der Waals surface area contributed by atoms with Crippen molar-refractivity contribution in [3.05, 3.63) is 47.0 Å². The van der Waals surface area contributed by atoms with Gasteiger partial charge >= 0.3 is 5.97 Å². The molecule has 0 saturated carbocycles. The van der Waals surface area contributed by atoms with Crippen LogP contribution in [0, 0.1) is 0 Å². The fourth-order valence-electron chi connectivity index (χ4n) is 4.60. The largest absolute Gasteiger partial charge is 0.493 e. The first-order valence-electron chi connectivity index (χ1n) is 11.9. The summed E-state index contributed by atoms with van der Waals surface area (Å²) in [6.45, 7) is 4.59. The van der Waals surface area contributed by atoms with Crippen LogP contribution in [-0.2, 0) is 17.6 Å². The predicted octanol–water partition coefficient (Wildman–Crippen LogP) is 4.96. The van der Waals surface area contributed by atoms with E-state index in [1.54, 1.807) is 46.6 Å². The molecule has 0 fully saturated rings. The molecule has 2 aromatic carbocycles. The van der Waals surface area contributed by atoms with E-state index in [0.717, 1.165) is 56.7 Å². The number of benzene rings is 2. The number of carbonyl (C=O) groups is 1. The number of fused-ring (bicyclic) bond motifs is 1. The van der Waals surface area contributed by atoms with Crippen LogP contribution in [0.5, 0.6) is 23.0 Å². The number of carbonyl (C=O) groups excluding carboxylic acids is 1. The van der Waals surface area contributed by atoms with E-state index in [-0.39, 0.29) is 18.4 Å². The Kier molecular flexibility index (Phi) is 11.5. The molecule has 0 spiro atoms. The Morgan fingerprint density at radius 2 is 1.51 bits per heavy atom. The molecule has 1 aliphatic carbocycles. The highest BCUT2D eigenvalue weighted by atomic mass is 35.5. The number of likely N-dealkylation sites (N-methyl/N-ethyl adjacent to an activating group) is 1. The Morgan fingerprint density at radius 1 is 0.886 bits per heavy atom. The molecule has 0 radical (unpaired) electrons. The summed E-state index contributed by atoms with van der Waals surface area (Å²) in [4.78, 5) is 14.9. The Labute approximate surface area is 215 Å². The number of rotatable bonds is 12. The third-order valence-corrected chi connectivity index (χ3v) is 6.52. The molecular weight excluding hydrogens is 470 g/mol. The van der Waals surface area contributed by atoms with Crippen LogP contribution < -0.4 is 18.9 Å². The zero-order valence-corrected chi connectivity index (χ0v) is 22.2. The van der Waals surface area contributed by atoms with Crippen molar-refractivity contribution in [1.29, 1.82) is 0 Å². The molecule has 0 aromatic heterocycles. The lowest BCUT2D eigenvalue weighted by molar-refractivity contribution is 0.0492. The monoisotopic (exact) mass is 507 g/mol. The third kappa shape index (κ3) is 7.18. The summed E-state index contributed by atoms with van der Waals surface area (Å²) in [5, 5.41) is 0. The number of unbranched alkanes of at least 4 members (excludes halogenated alkanes) is 1. The van der Waals surface area contributed by atoms with Crippen LogP contribution in [0.25, 0.3) is 0 Å². The second-order valence-electron chi connectivity index (χ2n) is 8.41. The molecule has 0 heterocycles. The molecule has 35 heavy (non-hydrogen) atoms. The van der Waals surface area contributed by atoms with Crippen LogP contribution in [0.4, 0.5) is 0 Å². The average molecular weight is 508 g/mol. The summed E-state index contributed by atoms with van der Waals surface area (Å²) in [5.41, 5.74) is 3.16. The zero-order chi connectivity index (χ0) is 24.5. The lowest BCUT2D eigenvalue weighted by Gasteiger charge is -2.35. The fourth-order valence-corrected chi connectivity index (χ4v) is 4.60. The van der Waals surface area contributed by atoms with E-state index >= 15 is 0 Å². The molecule has 0 N–H and O–H groups in total. The predicted molar refractivity (Wildman–Crippen MR) is 139 cm³/mol. The van der Waals surface area contributed by atoms with Crippen molar-refractivity contribution in [2.24, 2.45) is 0 Å². The van der Waals surface area contributed by atoms with E-state index < -0.39 is 0 Å². The quantitative estimate of drug-likeness (QED) is 0.297. The zero-order valence-electron chi connectivity index (χ0n) is 21.4. The summed E-state index contributed by atoms with van der Waals surface area (Å²) in [6.07, 6.45) is 4.98. The number of hydrogen-bond donors (Lipinski definition) is 0. The minimum atomic E-state index is -0.346. The SMILES string of the molecule is CCN(CCCCOC(=O)c1ccc(OC)c(OC)c1)C1CCc2cc(OC)c(OC)cc2C1.Cl. The van der Waals surface area contributed by atoms with Gasteiger partial charge in [-0.3, -0.25) is 0 Å². The van der Waals surface area contributed by atoms with Gasteiger partial charge < -0.3 is 28.6 Å². The molecule has 0 saturated heterocycles. The van der Waals surface area contributed by atoms with Crippen LogP contribution in [0.3, 0.4) is 0 Å². The van der Waals surface area contributed by atoms with Gasteiger partial charge in [0.15, 0.2) is 23.0 Å². The normalized spacial score (nSPS) is 14.5. The molecule has 0 amide bonds. The summed E-state index contributed by atoms with van der Waals surface area (Å²) in [5.74, 6) is 2.35. The van der Waals surface area contributed by atoms with Gasteiger partial charge in [-0.1, -0.05) is 6.92 Å². The second-order valence-corrected chi connectivity index (χ2v) is 8.41. The maximum absolute atomic E-state index is 12.4. The van der Waals surface area contributed by atoms with Crippen molar-refractivity contribution < 1.29 is 28.5 Å². The van der Waals surface area contributed by atoms with Crippen LogP contribution in [0.2, 0.25) is 0 Å². The van der Waals surface area contributed by atoms with E-state index in [2.05, 4.69) is 24.0 Å². The highest BCUT2D eigenvalue weighted by Gasteiger charge is 2.25. The van der Waals surface area contributed by atoms with Gasteiger partial charge in [0.25, 0.3) is 0 Å². The van der Waals surface area contributed by atoms with Crippen LogP contribution in [-0.4, -0.2) is 65.0 Å². The number of halogens is 1. The maximum atomic E-state index is 12.4. The van der Waals surface area contributed by atoms with Gasteiger partial charge in [-0.15, -0.1) is 12.4 Å². The topological polar surface area (TPSA) is 66.5 Å². The fraction of sp³-hybridized carbons (Fsp3) is 0.519. The average Bonchev–Trinajstić information content (AvgIpc) is 2.88. The van der Waals surface area contributed by atoms with Gasteiger partial charge in [-0.25, -0.2) is 4.79 Å². The molecule has 194 valence electrons. The lowest BCUT2D eigenvalue weighted by atomic mass is 9.87. The summed E-state index contributed by atoms with van der Waals surface area (Å²) >= 11 is 0. The molecule has 8 heteroatoms. The molecule has 3 rings (SSSR count). The Bertz CT molecular complexity index is 967. The van der Waals surface area contributed by atoms with Crippen molar-refractivity contribution in [1.82, 2.24) is 4.90 Å². The van der Waals surface area contributed by atoms with Crippen molar-refractivity contribution >= 4 is 18.4 Å². The van der Waals surface area contributed by atoms with Crippen LogP contribution >= 0.6 is 12.4 Å². The molecule has 7 nitrogen and oxygen atoms in total. The second kappa shape index (κ2) is 14.0. The molecule has 1 aliphatic rings. The van der Waals surface area contributed by atoms with Crippen molar-refractivity contribution in [3.63, 3.8) is 0 Å². The highest BCUT2D eigenvalue weighted by Crippen LogP contribution is 2.35. The van der Waals surface area contributed by atoms with Gasteiger partial charge in [-0.2, -0.15) is 0 Å². The lowest BCUT2D eigenvalue weighted by Crippen LogP contribution is -2.40. The Morgan fingerprint density at radius 3 is 2.14 bits per heavy atom. The number of hydrogen-bond acceptors (Lipinski definition) is 7. The number of aryl methyl sites for hydroxylation is 1. The minimum absolute atomic E-state index is 0. The number of esters is 1. The van der Waals surface area contributed by atoms with Crippen LogP contribution in [0.1, 0.15) is 47.7 Å². The minimum Gasteiger partial charge on any atom is -0.493 e. The molecule has 1 atom stereocenters. The summed E-state index contributed by atoms with van der Waals surface area (Å²) < 4.78 is 26.9. The van der Waals surface area contributed by atoms with Gasteiger partial charge in [-0.05, 0) is 86.7 Å². The van der Waals surface area contributed by atoms with Gasteiger partial charge in [0, 0.05) is 6.04 Å². The first kappa shape index (κ1) is 28.6. The Balaban J connectivity index is 0.00000432. The van der Waals surface area contributed by atoms with Gasteiger partial charge in [0.05, 0.1) is 40.6 Å². The van der Waals surface area contributed by atoms with Crippen molar-refractivity contribution in [2.45, 2.75) is 45.1 Å². The molecule has 2 aromatic rings. The van der Waals surface area contributed by atoms with Gasteiger partial charge in [0.1, 0.15) is 0 Å². The van der Waals surface area contributed by atoms with Crippen molar-refractivity contribution in [3.8, 4) is 23.0 Å². The van der Waals surface area contributed by atoms with Crippen molar-refractivity contribution in [2.75, 3.05) is 48.1 Å². The van der Waals surface area contributed by atoms with E-state index in [0.29, 0.717) is 29.7 Å². The molecular formula is C27H38ClNO6. The van der Waals surface area contributed by atoms with Gasteiger partial charge in [0.2, 0.25) is 0 Å². The van der Waals surface area contributed by atoms with E-state index in [9.17, 15) is 4.79 Å². The van der Waals surface area contributed by atoms with E-state index in [4.69, 9.17) is 23.7 Å². The number of nitrogens with zero attached hydrogens (tertiary/aromatic N) is 1. The third-order valence-electron chi connectivity index (χ3n) is 6.52. The molecule has 0 aliphatic heterocycles. The Hall–Kier alpha value is -2.64. The number of ether oxygens (including phenoxy) is 5. The summed E-state index contributed by atoms with van der Waals surface area (Å²) in [7, 11) is 6.47. The van der Waals surface area contributed by atoms with E-state index in [1.807, 2.05) is 0 Å². The van der Waals surface area contributed by atoms with E-state index in [1.165, 1.54) is 11.1 Å². The first-order valence-corrected chi connectivity index (χ1v) is 11.9. The maximum Gasteiger partial charge on any atom is 0.338 e. The molecule has 0 bridgehead atoms. The number of methoxy groups -OCH3 is 4. The van der Waals surface area contributed by atoms with Crippen LogP contribution in [0.15, 0.2) is 30.3 Å². The smallest absolute Gasteiger partial charge is 0.338 e. The molecule has 1 unspecified atom stereocenters. The summed E-state index contributed by atoms with van der Waals surface area (Å²) in [6, 6.07) is 9.79.